The number of hydrogen-bond acceptors (Lipinski definition) is 4. The fraction of sp³-hybridized carbons (Fsp3) is 0.310. The maximum atomic E-state index is 14.5. The second-order valence-electron chi connectivity index (χ2n) is 10.3. The molecule has 1 amide bonds. The molecule has 0 unspecified atom stereocenters. The van der Waals surface area contributed by atoms with E-state index < -0.39 is 11.4 Å². The van der Waals surface area contributed by atoms with Crippen LogP contribution >= 0.6 is 0 Å². The minimum absolute atomic E-state index is 0.262. The molecule has 2 aromatic heterocycles. The number of aromatic nitrogens is 2. The van der Waals surface area contributed by atoms with Crippen molar-refractivity contribution in [1.82, 2.24) is 14.0 Å². The molecule has 0 aliphatic carbocycles. The van der Waals surface area contributed by atoms with Crippen LogP contribution in [0.4, 0.5) is 9.18 Å². The molecule has 0 fully saturated rings. The number of carbonyl (C=O) groups is 1. The van der Waals surface area contributed by atoms with Gasteiger partial charge in [0.1, 0.15) is 17.2 Å². The Morgan fingerprint density at radius 2 is 1.84 bits per heavy atom. The van der Waals surface area contributed by atoms with E-state index in [1.54, 1.807) is 33.9 Å². The Hall–Kier alpha value is -4.07. The first-order chi connectivity index (χ1) is 17.6. The molecule has 1 aliphatic rings. The third-order valence-electron chi connectivity index (χ3n) is 6.73. The molecule has 37 heavy (non-hydrogen) atoms. The first kappa shape index (κ1) is 24.6. The zero-order chi connectivity index (χ0) is 26.5. The molecule has 0 atom stereocenters. The summed E-state index contributed by atoms with van der Waals surface area (Å²) in [5, 5.41) is 1.11. The minimum atomic E-state index is -0.548. The zero-order valence-electron chi connectivity index (χ0n) is 21.7. The lowest BCUT2D eigenvalue weighted by Gasteiger charge is -2.30. The van der Waals surface area contributed by atoms with E-state index in [1.807, 2.05) is 46.0 Å². The van der Waals surface area contributed by atoms with E-state index in [9.17, 15) is 14.0 Å². The first-order valence-electron chi connectivity index (χ1n) is 12.2. The molecule has 7 nitrogen and oxygen atoms in total. The van der Waals surface area contributed by atoms with E-state index in [2.05, 4.69) is 4.57 Å². The number of pyridine rings is 1. The summed E-state index contributed by atoms with van der Waals surface area (Å²) in [5.74, 6) is -0.0323. The minimum Gasteiger partial charge on any atom is -0.497 e. The molecule has 0 spiro atoms. The van der Waals surface area contributed by atoms with E-state index in [0.29, 0.717) is 35.7 Å². The van der Waals surface area contributed by atoms with E-state index in [0.717, 1.165) is 23.0 Å². The molecular weight excluding hydrogens is 473 g/mol. The van der Waals surface area contributed by atoms with Gasteiger partial charge in [-0.15, -0.1) is 0 Å². The van der Waals surface area contributed by atoms with Crippen LogP contribution < -0.4 is 10.3 Å². The maximum absolute atomic E-state index is 14.5. The monoisotopic (exact) mass is 503 g/mol. The lowest BCUT2D eigenvalue weighted by Crippen LogP contribution is -2.40. The van der Waals surface area contributed by atoms with Gasteiger partial charge in [-0.3, -0.25) is 9.36 Å². The lowest BCUT2D eigenvalue weighted by molar-refractivity contribution is 0.0220. The van der Waals surface area contributed by atoms with Crippen molar-refractivity contribution < 1.29 is 18.7 Å². The highest BCUT2D eigenvalue weighted by atomic mass is 19.1. The number of halogens is 1. The van der Waals surface area contributed by atoms with Crippen LogP contribution in [-0.4, -0.2) is 39.4 Å². The molecule has 192 valence electrons. The molecule has 8 heteroatoms. The number of fused-ring (bicyclic) bond motifs is 3. The fourth-order valence-electron chi connectivity index (χ4n) is 4.89. The topological polar surface area (TPSA) is 65.7 Å². The molecule has 0 bridgehead atoms. The molecule has 4 aromatic rings. The van der Waals surface area contributed by atoms with Crippen molar-refractivity contribution in [3.8, 4) is 22.6 Å². The Morgan fingerprint density at radius 3 is 2.51 bits per heavy atom. The summed E-state index contributed by atoms with van der Waals surface area (Å²) in [7, 11) is 3.45. The largest absolute Gasteiger partial charge is 0.497 e. The number of carbonyl (C=O) groups excluding carboxylic acids is 1. The van der Waals surface area contributed by atoms with Gasteiger partial charge < -0.3 is 18.9 Å². The van der Waals surface area contributed by atoms with Gasteiger partial charge in [0.25, 0.3) is 5.56 Å². The van der Waals surface area contributed by atoms with Gasteiger partial charge in [-0.2, -0.15) is 0 Å². The summed E-state index contributed by atoms with van der Waals surface area (Å²) in [6, 6.07) is 13.6. The van der Waals surface area contributed by atoms with Crippen molar-refractivity contribution in [2.45, 2.75) is 39.3 Å². The van der Waals surface area contributed by atoms with Crippen molar-refractivity contribution in [2.75, 3.05) is 13.7 Å². The Morgan fingerprint density at radius 1 is 1.05 bits per heavy atom. The molecule has 0 N–H and O–H groups in total. The molecular formula is C29H30FN3O4. The van der Waals surface area contributed by atoms with E-state index in [4.69, 9.17) is 9.47 Å². The van der Waals surface area contributed by atoms with E-state index >= 15 is 0 Å². The quantitative estimate of drug-likeness (QED) is 0.374. The second-order valence-corrected chi connectivity index (χ2v) is 10.3. The number of hydrogen-bond donors (Lipinski definition) is 0. The van der Waals surface area contributed by atoms with Crippen molar-refractivity contribution in [2.24, 2.45) is 7.05 Å². The average Bonchev–Trinajstić information content (AvgIpc) is 3.13. The SMILES string of the molecule is COc1ccc(-c2ccn(-c3ccc4c5c(n(C)c4c3)CN(C(=O)OC(C)(C)C)CC5)c(=O)c2)c(F)c1. The number of methoxy groups -OCH3 is 1. The highest BCUT2D eigenvalue weighted by Crippen LogP contribution is 2.32. The van der Waals surface area contributed by atoms with Gasteiger partial charge in [-0.1, -0.05) is 6.07 Å². The number of rotatable bonds is 3. The average molecular weight is 504 g/mol. The summed E-state index contributed by atoms with van der Waals surface area (Å²) in [6.45, 7) is 6.64. The van der Waals surface area contributed by atoms with Crippen molar-refractivity contribution in [3.05, 3.63) is 82.2 Å². The van der Waals surface area contributed by atoms with Crippen molar-refractivity contribution in [1.29, 1.82) is 0 Å². The van der Waals surface area contributed by atoms with Crippen LogP contribution in [0.3, 0.4) is 0 Å². The maximum Gasteiger partial charge on any atom is 0.410 e. The molecule has 0 radical (unpaired) electrons. The number of aryl methyl sites for hydroxylation is 1. The van der Waals surface area contributed by atoms with Gasteiger partial charge >= 0.3 is 6.09 Å². The number of ether oxygens (including phenoxy) is 2. The molecule has 1 aliphatic heterocycles. The standard InChI is InChI=1S/C29H30FN3O4/c1-29(2,3)37-28(35)32-12-11-23-22-8-6-19(15-25(22)31(4)26(23)17-32)33-13-10-18(14-27(33)34)21-9-7-20(36-5)16-24(21)30/h6-10,13-16H,11-12,17H2,1-5H3. The molecule has 0 saturated carbocycles. The Kier molecular flexibility index (Phi) is 6.06. The number of amides is 1. The Balaban J connectivity index is 1.47. The summed E-state index contributed by atoms with van der Waals surface area (Å²) in [4.78, 5) is 27.4. The van der Waals surface area contributed by atoms with Crippen LogP contribution in [-0.2, 0) is 24.8 Å². The van der Waals surface area contributed by atoms with Gasteiger partial charge in [-0.25, -0.2) is 9.18 Å². The summed E-state index contributed by atoms with van der Waals surface area (Å²) in [5.41, 5.74) is 3.98. The second kappa shape index (κ2) is 9.10. The summed E-state index contributed by atoms with van der Waals surface area (Å²) >= 11 is 0. The predicted octanol–water partition coefficient (Wildman–Crippen LogP) is 5.44. The smallest absolute Gasteiger partial charge is 0.410 e. The third kappa shape index (κ3) is 4.59. The Labute approximate surface area is 214 Å². The number of benzene rings is 2. The summed E-state index contributed by atoms with van der Waals surface area (Å²) in [6.07, 6.45) is 2.08. The molecule has 3 heterocycles. The van der Waals surface area contributed by atoms with E-state index in [1.165, 1.54) is 24.8 Å². The third-order valence-corrected chi connectivity index (χ3v) is 6.73. The molecule has 2 aromatic carbocycles. The van der Waals surface area contributed by atoms with E-state index in [-0.39, 0.29) is 11.7 Å². The van der Waals surface area contributed by atoms with Gasteiger partial charge in [0.05, 0.1) is 24.9 Å². The van der Waals surface area contributed by atoms with Gasteiger partial charge in [-0.05, 0) is 68.7 Å². The highest BCUT2D eigenvalue weighted by Gasteiger charge is 2.29. The van der Waals surface area contributed by atoms with Crippen LogP contribution in [0.25, 0.3) is 27.7 Å². The highest BCUT2D eigenvalue weighted by molar-refractivity contribution is 5.88. The Bertz CT molecular complexity index is 1580. The van der Waals surface area contributed by atoms with Gasteiger partial charge in [0.15, 0.2) is 0 Å². The predicted molar refractivity (Wildman–Crippen MR) is 141 cm³/mol. The normalized spacial score (nSPS) is 13.5. The van der Waals surface area contributed by atoms with Gasteiger partial charge in [0, 0.05) is 48.6 Å². The summed E-state index contributed by atoms with van der Waals surface area (Å²) < 4.78 is 28.8. The van der Waals surface area contributed by atoms with Crippen LogP contribution in [0, 0.1) is 5.82 Å². The fourth-order valence-corrected chi connectivity index (χ4v) is 4.89. The van der Waals surface area contributed by atoms with Crippen molar-refractivity contribution >= 4 is 17.0 Å². The van der Waals surface area contributed by atoms with Crippen LogP contribution in [0.15, 0.2) is 59.5 Å². The number of nitrogens with zero attached hydrogens (tertiary/aromatic N) is 3. The van der Waals surface area contributed by atoms with Crippen LogP contribution in [0.1, 0.15) is 32.0 Å². The molecule has 5 rings (SSSR count). The van der Waals surface area contributed by atoms with Crippen LogP contribution in [0.2, 0.25) is 0 Å². The van der Waals surface area contributed by atoms with Crippen molar-refractivity contribution in [3.63, 3.8) is 0 Å². The first-order valence-corrected chi connectivity index (χ1v) is 12.2. The zero-order valence-corrected chi connectivity index (χ0v) is 21.7. The van der Waals surface area contributed by atoms with Gasteiger partial charge in [0.2, 0.25) is 0 Å². The van der Waals surface area contributed by atoms with Crippen LogP contribution in [0.5, 0.6) is 5.75 Å². The molecule has 0 saturated heterocycles. The lowest BCUT2D eigenvalue weighted by atomic mass is 10.0.